The summed E-state index contributed by atoms with van der Waals surface area (Å²) in [6, 6.07) is 6.31. The summed E-state index contributed by atoms with van der Waals surface area (Å²) in [6.45, 7) is 1.98. The second-order valence-electron chi connectivity index (χ2n) is 3.53. The van der Waals surface area contributed by atoms with E-state index in [-0.39, 0.29) is 0 Å². The normalized spacial score (nSPS) is 11.1. The van der Waals surface area contributed by atoms with Crippen molar-refractivity contribution in [3.8, 4) is 0 Å². The molecule has 0 fully saturated rings. The number of benzene rings is 1. The van der Waals surface area contributed by atoms with E-state index in [4.69, 9.17) is 10.5 Å². The molecule has 1 heterocycles. The van der Waals surface area contributed by atoms with Crippen molar-refractivity contribution in [3.05, 3.63) is 33.6 Å². The maximum Gasteiger partial charge on any atom is 0.0588 e. The first kappa shape index (κ1) is 12.0. The maximum atomic E-state index is 5.40. The smallest absolute Gasteiger partial charge is 0.0588 e. The van der Waals surface area contributed by atoms with Crippen LogP contribution in [0.2, 0.25) is 0 Å². The van der Waals surface area contributed by atoms with Crippen LogP contribution >= 0.6 is 27.3 Å². The van der Waals surface area contributed by atoms with Gasteiger partial charge in [0.1, 0.15) is 0 Å². The Balaban J connectivity index is 2.10. The topological polar surface area (TPSA) is 35.2 Å². The average Bonchev–Trinajstić information content (AvgIpc) is 2.70. The van der Waals surface area contributed by atoms with Crippen molar-refractivity contribution >= 4 is 37.4 Å². The summed E-state index contributed by atoms with van der Waals surface area (Å²) in [4.78, 5) is 0. The molecule has 0 aliphatic rings. The summed E-state index contributed by atoms with van der Waals surface area (Å²) in [5.41, 5.74) is 6.73. The second kappa shape index (κ2) is 5.77. The third kappa shape index (κ3) is 2.63. The van der Waals surface area contributed by atoms with Gasteiger partial charge in [0.15, 0.2) is 0 Å². The van der Waals surface area contributed by atoms with Crippen LogP contribution in [0, 0.1) is 0 Å². The lowest BCUT2D eigenvalue weighted by Crippen LogP contribution is -2.09. The van der Waals surface area contributed by atoms with Crippen LogP contribution in [-0.4, -0.2) is 19.8 Å². The molecule has 2 rings (SSSR count). The Bertz CT molecular complexity index is 469. The van der Waals surface area contributed by atoms with Gasteiger partial charge in [-0.25, -0.2) is 0 Å². The minimum absolute atomic E-state index is 0.593. The standard InChI is InChI=1S/C12H14BrNOS/c13-11-3-1-2-10-9(8-16-12(10)11)4-6-15-7-5-14/h1-3,8H,4-7,14H2. The van der Waals surface area contributed by atoms with Crippen molar-refractivity contribution in [2.75, 3.05) is 19.8 Å². The summed E-state index contributed by atoms with van der Waals surface area (Å²) in [7, 11) is 0. The number of hydrogen-bond donors (Lipinski definition) is 1. The highest BCUT2D eigenvalue weighted by molar-refractivity contribution is 9.10. The molecule has 1 aromatic carbocycles. The Morgan fingerprint density at radius 1 is 1.31 bits per heavy atom. The molecule has 2 aromatic rings. The summed E-state index contributed by atoms with van der Waals surface area (Å²) >= 11 is 5.34. The minimum atomic E-state index is 0.593. The van der Waals surface area contributed by atoms with Crippen molar-refractivity contribution in [2.24, 2.45) is 5.73 Å². The van der Waals surface area contributed by atoms with Crippen LogP contribution in [0.25, 0.3) is 10.1 Å². The van der Waals surface area contributed by atoms with Crippen LogP contribution in [0.1, 0.15) is 5.56 Å². The van der Waals surface area contributed by atoms with Gasteiger partial charge in [0.2, 0.25) is 0 Å². The SMILES string of the molecule is NCCOCCc1csc2c(Br)cccc12. The third-order valence-corrected chi connectivity index (χ3v) is 4.41. The fourth-order valence-electron chi connectivity index (χ4n) is 1.64. The predicted molar refractivity (Wildman–Crippen MR) is 73.1 cm³/mol. The molecule has 0 bridgehead atoms. The molecule has 2 nitrogen and oxygen atoms in total. The van der Waals surface area contributed by atoms with Gasteiger partial charge in [0.25, 0.3) is 0 Å². The summed E-state index contributed by atoms with van der Waals surface area (Å²) < 4.78 is 7.89. The zero-order valence-electron chi connectivity index (χ0n) is 8.91. The molecule has 2 N–H and O–H groups in total. The van der Waals surface area contributed by atoms with Crippen molar-refractivity contribution in [1.82, 2.24) is 0 Å². The Morgan fingerprint density at radius 3 is 3.00 bits per heavy atom. The Hall–Kier alpha value is -0.420. The molecule has 0 saturated carbocycles. The van der Waals surface area contributed by atoms with E-state index in [2.05, 4.69) is 39.5 Å². The van der Waals surface area contributed by atoms with Crippen LogP contribution in [0.5, 0.6) is 0 Å². The molecule has 16 heavy (non-hydrogen) atoms. The van der Waals surface area contributed by atoms with Gasteiger partial charge in [-0.3, -0.25) is 0 Å². The van der Waals surface area contributed by atoms with Crippen molar-refractivity contribution < 1.29 is 4.74 Å². The predicted octanol–water partition coefficient (Wildman–Crippen LogP) is 3.18. The molecule has 0 saturated heterocycles. The maximum absolute atomic E-state index is 5.40. The van der Waals surface area contributed by atoms with Crippen LogP contribution in [0.3, 0.4) is 0 Å². The molecular weight excluding hydrogens is 286 g/mol. The molecule has 0 spiro atoms. The molecule has 0 unspecified atom stereocenters. The first-order valence-electron chi connectivity index (χ1n) is 5.25. The third-order valence-electron chi connectivity index (χ3n) is 2.41. The van der Waals surface area contributed by atoms with E-state index >= 15 is 0 Å². The fraction of sp³-hybridized carbons (Fsp3) is 0.333. The summed E-state index contributed by atoms with van der Waals surface area (Å²) in [5.74, 6) is 0. The van der Waals surface area contributed by atoms with Crippen molar-refractivity contribution in [1.29, 1.82) is 0 Å². The van der Waals surface area contributed by atoms with E-state index in [1.807, 2.05) is 0 Å². The zero-order chi connectivity index (χ0) is 11.4. The molecule has 86 valence electrons. The monoisotopic (exact) mass is 299 g/mol. The number of halogens is 1. The number of fused-ring (bicyclic) bond motifs is 1. The first-order valence-corrected chi connectivity index (χ1v) is 6.92. The van der Waals surface area contributed by atoms with Crippen LogP contribution in [0.4, 0.5) is 0 Å². The van der Waals surface area contributed by atoms with Crippen molar-refractivity contribution in [2.45, 2.75) is 6.42 Å². The molecular formula is C12H14BrNOS. The van der Waals surface area contributed by atoms with E-state index in [0.717, 1.165) is 13.0 Å². The highest BCUT2D eigenvalue weighted by Crippen LogP contribution is 2.32. The minimum Gasteiger partial charge on any atom is -0.380 e. The van der Waals surface area contributed by atoms with E-state index in [1.54, 1.807) is 11.3 Å². The number of ether oxygens (including phenoxy) is 1. The summed E-state index contributed by atoms with van der Waals surface area (Å²) in [6.07, 6.45) is 0.955. The van der Waals surface area contributed by atoms with E-state index in [0.29, 0.717) is 13.2 Å². The molecule has 0 radical (unpaired) electrons. The molecule has 1 aromatic heterocycles. The van der Waals surface area contributed by atoms with E-state index in [9.17, 15) is 0 Å². The summed E-state index contributed by atoms with van der Waals surface area (Å²) in [5, 5.41) is 3.54. The lowest BCUT2D eigenvalue weighted by atomic mass is 10.1. The lowest BCUT2D eigenvalue weighted by Gasteiger charge is -2.02. The highest BCUT2D eigenvalue weighted by atomic mass is 79.9. The van der Waals surface area contributed by atoms with Gasteiger partial charge in [-0.15, -0.1) is 11.3 Å². The van der Waals surface area contributed by atoms with E-state index < -0.39 is 0 Å². The second-order valence-corrected chi connectivity index (χ2v) is 5.26. The molecule has 0 aliphatic carbocycles. The van der Waals surface area contributed by atoms with Gasteiger partial charge in [-0.1, -0.05) is 12.1 Å². The number of hydrogen-bond acceptors (Lipinski definition) is 3. The van der Waals surface area contributed by atoms with Gasteiger partial charge in [-0.2, -0.15) is 0 Å². The largest absolute Gasteiger partial charge is 0.380 e. The molecule has 0 aliphatic heterocycles. The van der Waals surface area contributed by atoms with Crippen LogP contribution in [-0.2, 0) is 11.2 Å². The average molecular weight is 300 g/mol. The van der Waals surface area contributed by atoms with Gasteiger partial charge in [0.05, 0.1) is 13.2 Å². The van der Waals surface area contributed by atoms with Crippen molar-refractivity contribution in [3.63, 3.8) is 0 Å². The van der Waals surface area contributed by atoms with Crippen LogP contribution in [0.15, 0.2) is 28.1 Å². The van der Waals surface area contributed by atoms with Crippen LogP contribution < -0.4 is 5.73 Å². The Kier molecular flexibility index (Phi) is 4.35. The fourth-order valence-corrected chi connectivity index (χ4v) is 3.29. The highest BCUT2D eigenvalue weighted by Gasteiger charge is 2.05. The quantitative estimate of drug-likeness (QED) is 0.861. The first-order chi connectivity index (χ1) is 7.83. The lowest BCUT2D eigenvalue weighted by molar-refractivity contribution is 0.145. The number of thiophene rings is 1. The van der Waals surface area contributed by atoms with E-state index in [1.165, 1.54) is 20.1 Å². The van der Waals surface area contributed by atoms with Gasteiger partial charge in [0, 0.05) is 15.7 Å². The molecule has 0 atom stereocenters. The zero-order valence-corrected chi connectivity index (χ0v) is 11.3. The van der Waals surface area contributed by atoms with Gasteiger partial charge < -0.3 is 10.5 Å². The Morgan fingerprint density at radius 2 is 2.19 bits per heavy atom. The van der Waals surface area contributed by atoms with Gasteiger partial charge >= 0.3 is 0 Å². The molecule has 4 heteroatoms. The van der Waals surface area contributed by atoms with Gasteiger partial charge in [-0.05, 0) is 44.7 Å². The molecule has 0 amide bonds. The number of nitrogens with two attached hydrogens (primary N) is 1. The number of rotatable bonds is 5. The Labute approximate surface area is 108 Å².